The van der Waals surface area contributed by atoms with Gasteiger partial charge in [0.25, 0.3) is 0 Å². The third kappa shape index (κ3) is 3.57. The van der Waals surface area contributed by atoms with Crippen LogP contribution in [0.25, 0.3) is 20.4 Å². The largest absolute Gasteiger partial charge is 0.497 e. The van der Waals surface area contributed by atoms with Crippen molar-refractivity contribution in [1.29, 1.82) is 0 Å². The van der Waals surface area contributed by atoms with Crippen molar-refractivity contribution in [1.82, 2.24) is 4.57 Å². The minimum Gasteiger partial charge on any atom is -0.497 e. The molecule has 0 amide bonds. The van der Waals surface area contributed by atoms with Gasteiger partial charge in [-0.05, 0) is 41.7 Å². The van der Waals surface area contributed by atoms with Gasteiger partial charge >= 0.3 is 9.93 Å². The summed E-state index contributed by atoms with van der Waals surface area (Å²) in [6, 6.07) is 12.2. The second-order valence-corrected chi connectivity index (χ2v) is 7.68. The number of aryl methyl sites for hydroxylation is 2. The van der Waals surface area contributed by atoms with Crippen LogP contribution in [0.15, 0.2) is 41.4 Å². The smallest absolute Gasteiger partial charge is 0.386 e. The Kier molecular flexibility index (Phi) is 5.82. The van der Waals surface area contributed by atoms with Crippen molar-refractivity contribution in [3.05, 3.63) is 41.2 Å². The Morgan fingerprint density at radius 3 is 2.22 bits per heavy atom. The normalized spacial score (nSPS) is 11.6. The average Bonchev–Trinajstić information content (AvgIpc) is 3.19. The zero-order valence-corrected chi connectivity index (χ0v) is 18.1. The van der Waals surface area contributed by atoms with Crippen molar-refractivity contribution in [3.63, 3.8) is 0 Å². The van der Waals surface area contributed by atoms with Gasteiger partial charge in [0, 0.05) is 18.1 Å². The monoisotopic (exact) mass is 402 g/mol. The summed E-state index contributed by atoms with van der Waals surface area (Å²) in [7, 11) is 7.46. The first kappa shape index (κ1) is 19.4. The number of hydrogen-bond acceptors (Lipinski definition) is 5. The lowest BCUT2D eigenvalue weighted by molar-refractivity contribution is -0.627. The number of hydrogen-bond donors (Lipinski definition) is 0. The molecule has 0 aliphatic rings. The van der Waals surface area contributed by atoms with E-state index in [4.69, 9.17) is 14.5 Å². The fourth-order valence-electron chi connectivity index (χ4n) is 2.78. The van der Waals surface area contributed by atoms with Crippen molar-refractivity contribution in [2.24, 2.45) is 19.1 Å². The topological polar surface area (TPSA) is 39.6 Å². The van der Waals surface area contributed by atoms with Crippen LogP contribution in [0.1, 0.15) is 13.8 Å². The fraction of sp³-hybridized carbons (Fsp3) is 0.300. The van der Waals surface area contributed by atoms with E-state index in [0.717, 1.165) is 41.9 Å². The Morgan fingerprint density at radius 1 is 0.926 bits per heavy atom. The van der Waals surface area contributed by atoms with Crippen LogP contribution >= 0.6 is 22.7 Å². The molecule has 4 aromatic rings. The molecule has 4 rings (SSSR count). The number of ether oxygens (including phenoxy) is 2. The van der Waals surface area contributed by atoms with E-state index in [-0.39, 0.29) is 0 Å². The van der Waals surface area contributed by atoms with Gasteiger partial charge in [0.1, 0.15) is 17.0 Å². The highest BCUT2D eigenvalue weighted by molar-refractivity contribution is 7.21. The minimum atomic E-state index is 0.861. The van der Waals surface area contributed by atoms with Gasteiger partial charge in [-0.3, -0.25) is 4.57 Å². The van der Waals surface area contributed by atoms with Crippen molar-refractivity contribution < 1.29 is 14.0 Å². The lowest BCUT2D eigenvalue weighted by Crippen LogP contribution is -2.26. The predicted octanol–water partition coefficient (Wildman–Crippen LogP) is 4.55. The molecule has 0 aliphatic carbocycles. The molecule has 0 atom stereocenters. The molecule has 0 spiro atoms. The Bertz CT molecular complexity index is 1160. The summed E-state index contributed by atoms with van der Waals surface area (Å²) in [4.78, 5) is 5.86. The minimum absolute atomic E-state index is 0.861. The molecule has 7 heteroatoms. The van der Waals surface area contributed by atoms with Gasteiger partial charge in [0.15, 0.2) is 0 Å². The van der Waals surface area contributed by atoms with E-state index in [0.29, 0.717) is 0 Å². The van der Waals surface area contributed by atoms with Gasteiger partial charge in [0.2, 0.25) is 0 Å². The molecule has 0 saturated heterocycles. The van der Waals surface area contributed by atoms with E-state index in [2.05, 4.69) is 33.4 Å². The summed E-state index contributed by atoms with van der Waals surface area (Å²) < 4.78 is 17.2. The maximum absolute atomic E-state index is 5.32. The number of rotatable bonds is 3. The number of thiazole rings is 2. The molecule has 142 valence electrons. The first-order valence-electron chi connectivity index (χ1n) is 8.75. The van der Waals surface area contributed by atoms with Gasteiger partial charge in [-0.1, -0.05) is 25.2 Å². The lowest BCUT2D eigenvalue weighted by atomic mass is 10.3. The molecule has 0 radical (unpaired) electrons. The van der Waals surface area contributed by atoms with Crippen LogP contribution in [-0.2, 0) is 14.1 Å². The zero-order valence-electron chi connectivity index (χ0n) is 16.4. The highest BCUT2D eigenvalue weighted by Crippen LogP contribution is 2.29. The van der Waals surface area contributed by atoms with Crippen LogP contribution in [0.4, 0.5) is 5.13 Å². The molecule has 0 unspecified atom stereocenters. The van der Waals surface area contributed by atoms with Gasteiger partial charge in [-0.25, -0.2) is 4.57 Å². The van der Waals surface area contributed by atoms with Crippen LogP contribution in [0.5, 0.6) is 11.5 Å². The SMILES string of the molecule is CC.COc1ccc2c(c1)s/c(=N\c1sc3cc(OC)ccc3[n+]1C)n2C. The fourth-order valence-corrected chi connectivity index (χ4v) is 4.93. The highest BCUT2D eigenvalue weighted by Gasteiger charge is 2.17. The van der Waals surface area contributed by atoms with E-state index < -0.39 is 0 Å². The van der Waals surface area contributed by atoms with Crippen molar-refractivity contribution in [2.75, 3.05) is 14.2 Å². The van der Waals surface area contributed by atoms with E-state index >= 15 is 0 Å². The zero-order chi connectivity index (χ0) is 19.6. The van der Waals surface area contributed by atoms with Crippen molar-refractivity contribution in [2.45, 2.75) is 13.8 Å². The van der Waals surface area contributed by atoms with Crippen molar-refractivity contribution >= 4 is 48.2 Å². The molecule has 0 N–H and O–H groups in total. The molecular weight excluding hydrogens is 378 g/mol. The number of nitrogens with zero attached hydrogens (tertiary/aromatic N) is 3. The maximum Gasteiger partial charge on any atom is 0.386 e. The number of aromatic nitrogens is 2. The summed E-state index contributed by atoms with van der Waals surface area (Å²) in [6.07, 6.45) is 0. The molecule has 2 aromatic heterocycles. The van der Waals surface area contributed by atoms with E-state index in [9.17, 15) is 0 Å². The number of methoxy groups -OCH3 is 2. The van der Waals surface area contributed by atoms with Crippen LogP contribution < -0.4 is 18.8 Å². The van der Waals surface area contributed by atoms with E-state index in [1.807, 2.05) is 40.1 Å². The Labute approximate surface area is 166 Å². The summed E-state index contributed by atoms with van der Waals surface area (Å²) >= 11 is 3.32. The van der Waals surface area contributed by atoms with Gasteiger partial charge in [-0.2, -0.15) is 0 Å². The van der Waals surface area contributed by atoms with Crippen molar-refractivity contribution in [3.8, 4) is 11.5 Å². The number of benzene rings is 2. The van der Waals surface area contributed by atoms with Gasteiger partial charge < -0.3 is 9.47 Å². The number of fused-ring (bicyclic) bond motifs is 2. The summed E-state index contributed by atoms with van der Waals surface area (Å²) in [5.74, 6) is 1.72. The molecule has 0 fully saturated rings. The highest BCUT2D eigenvalue weighted by atomic mass is 32.1. The second-order valence-electron chi connectivity index (χ2n) is 5.67. The quantitative estimate of drug-likeness (QED) is 0.472. The predicted molar refractivity (Wildman–Crippen MR) is 113 cm³/mol. The third-order valence-electron chi connectivity index (χ3n) is 4.22. The summed E-state index contributed by atoms with van der Waals surface area (Å²) in [5, 5.41) is 0.956. The maximum atomic E-state index is 5.32. The Hall–Kier alpha value is -2.38. The van der Waals surface area contributed by atoms with Crippen LogP contribution in [0.3, 0.4) is 0 Å². The molecule has 0 saturated carbocycles. The van der Waals surface area contributed by atoms with Crippen LogP contribution in [0, 0.1) is 0 Å². The first-order chi connectivity index (χ1) is 13.1. The third-order valence-corrected chi connectivity index (χ3v) is 6.41. The molecule has 0 aliphatic heterocycles. The standard InChI is InChI=1S/C18H18N3O2S2.C2H6/c1-20-13-7-5-11(22-3)9-15(13)24-17(20)19-18-21(2)14-8-6-12(23-4)10-16(14)25-18;1-2/h5-10H,1-4H3;1-2H3/q+1;. The molecule has 2 aromatic carbocycles. The van der Waals surface area contributed by atoms with E-state index in [1.54, 1.807) is 36.9 Å². The summed E-state index contributed by atoms with van der Waals surface area (Å²) in [6.45, 7) is 4.00. The van der Waals surface area contributed by atoms with Gasteiger partial charge in [0.05, 0.1) is 36.2 Å². The van der Waals surface area contributed by atoms with Crippen LogP contribution in [0.2, 0.25) is 0 Å². The molecule has 2 heterocycles. The molecule has 0 bridgehead atoms. The molecule has 5 nitrogen and oxygen atoms in total. The molecular formula is C20H24N3O2S2+. The second kappa shape index (κ2) is 8.10. The van der Waals surface area contributed by atoms with E-state index in [1.165, 1.54) is 0 Å². The first-order valence-corrected chi connectivity index (χ1v) is 10.4. The summed E-state index contributed by atoms with van der Waals surface area (Å²) in [5.41, 5.74) is 2.30. The molecule has 27 heavy (non-hydrogen) atoms. The lowest BCUT2D eigenvalue weighted by Gasteiger charge is -1.98. The Balaban J connectivity index is 0.00000102. The Morgan fingerprint density at radius 2 is 1.56 bits per heavy atom. The average molecular weight is 403 g/mol. The van der Waals surface area contributed by atoms with Crippen LogP contribution in [-0.4, -0.2) is 18.8 Å². The van der Waals surface area contributed by atoms with Gasteiger partial charge in [-0.15, -0.1) is 0 Å².